The standard InChI is InChI=1S/C29H27NO6/c1-28-16-34-29(35-17-28,36-18-28)26(25(31)19-9-3-2-4-10-19)30-27(32)33-15-24-22-13-7-5-11-20(22)21-12-6-8-14-23(21)24/h2-14,24,26H,15-18H2,1H3,(H,30,32). The zero-order chi connectivity index (χ0) is 24.8. The maximum absolute atomic E-state index is 13.5. The molecule has 3 aromatic carbocycles. The Bertz CT molecular complexity index is 1240. The number of amides is 1. The smallest absolute Gasteiger partial charge is 0.408 e. The lowest BCUT2D eigenvalue weighted by atomic mass is 9.90. The second-order valence-electron chi connectivity index (χ2n) is 9.91. The molecular weight excluding hydrogens is 458 g/mol. The summed E-state index contributed by atoms with van der Waals surface area (Å²) in [4.78, 5) is 26.6. The number of ketones is 1. The Morgan fingerprint density at radius 3 is 1.97 bits per heavy atom. The maximum Gasteiger partial charge on any atom is 0.408 e. The maximum atomic E-state index is 13.5. The monoisotopic (exact) mass is 485 g/mol. The summed E-state index contributed by atoms with van der Waals surface area (Å²) in [5.74, 6) is -2.18. The fourth-order valence-corrected chi connectivity index (χ4v) is 5.17. The zero-order valence-corrected chi connectivity index (χ0v) is 19.9. The number of benzene rings is 3. The van der Waals surface area contributed by atoms with Crippen molar-refractivity contribution >= 4 is 11.9 Å². The van der Waals surface area contributed by atoms with Gasteiger partial charge in [-0.3, -0.25) is 4.79 Å². The lowest BCUT2D eigenvalue weighted by molar-refractivity contribution is -0.468. The Labute approximate surface area is 209 Å². The van der Waals surface area contributed by atoms with Gasteiger partial charge in [-0.25, -0.2) is 4.79 Å². The van der Waals surface area contributed by atoms with E-state index in [4.69, 9.17) is 18.9 Å². The van der Waals surface area contributed by atoms with Crippen LogP contribution in [0.4, 0.5) is 4.79 Å². The van der Waals surface area contributed by atoms with Crippen LogP contribution in [-0.4, -0.2) is 50.3 Å². The third kappa shape index (κ3) is 3.89. The molecule has 3 heterocycles. The van der Waals surface area contributed by atoms with E-state index in [0.717, 1.165) is 22.3 Å². The number of Topliss-reactive ketones (excluding diaryl/α,β-unsaturated/α-hetero) is 1. The van der Waals surface area contributed by atoms with Gasteiger partial charge >= 0.3 is 12.1 Å². The largest absolute Gasteiger partial charge is 0.449 e. The van der Waals surface area contributed by atoms with Gasteiger partial charge in [0.1, 0.15) is 6.61 Å². The Kier molecular flexibility index (Phi) is 5.63. The summed E-state index contributed by atoms with van der Waals surface area (Å²) in [6.45, 7) is 3.19. The van der Waals surface area contributed by atoms with Gasteiger partial charge in [0.25, 0.3) is 0 Å². The van der Waals surface area contributed by atoms with Gasteiger partial charge in [-0.15, -0.1) is 0 Å². The van der Waals surface area contributed by atoms with Crippen LogP contribution in [0.1, 0.15) is 34.3 Å². The van der Waals surface area contributed by atoms with Crippen molar-refractivity contribution in [3.8, 4) is 11.1 Å². The number of rotatable bonds is 6. The van der Waals surface area contributed by atoms with Crippen molar-refractivity contribution in [3.05, 3.63) is 95.6 Å². The first kappa shape index (κ1) is 22.9. The van der Waals surface area contributed by atoms with Gasteiger partial charge in [0.15, 0.2) is 11.8 Å². The van der Waals surface area contributed by atoms with Gasteiger partial charge in [-0.2, -0.15) is 0 Å². The van der Waals surface area contributed by atoms with Crippen molar-refractivity contribution in [2.75, 3.05) is 26.4 Å². The number of fused-ring (bicyclic) bond motifs is 6. The molecule has 3 saturated heterocycles. The van der Waals surface area contributed by atoms with E-state index in [1.165, 1.54) is 0 Å². The molecular formula is C29H27NO6. The second kappa shape index (κ2) is 8.85. The summed E-state index contributed by atoms with van der Waals surface area (Å²) in [6.07, 6.45) is -0.741. The summed E-state index contributed by atoms with van der Waals surface area (Å²) >= 11 is 0. The highest BCUT2D eigenvalue weighted by molar-refractivity contribution is 6.02. The van der Waals surface area contributed by atoms with Crippen LogP contribution in [-0.2, 0) is 18.9 Å². The SMILES string of the molecule is CC12COC(C(NC(=O)OCC3c4ccccc4-c4ccccc43)C(=O)c3ccccc3)(OC1)OC2. The fourth-order valence-electron chi connectivity index (χ4n) is 5.17. The number of carbonyl (C=O) groups excluding carboxylic acids is 2. The molecule has 7 nitrogen and oxygen atoms in total. The third-order valence-electron chi connectivity index (χ3n) is 7.15. The van der Waals surface area contributed by atoms with Gasteiger partial charge in [0.05, 0.1) is 19.8 Å². The molecule has 0 spiro atoms. The Hall–Kier alpha value is -3.52. The summed E-state index contributed by atoms with van der Waals surface area (Å²) in [7, 11) is 0. The van der Waals surface area contributed by atoms with Gasteiger partial charge in [0, 0.05) is 16.9 Å². The van der Waals surface area contributed by atoms with Crippen molar-refractivity contribution in [3.63, 3.8) is 0 Å². The van der Waals surface area contributed by atoms with E-state index in [2.05, 4.69) is 29.6 Å². The van der Waals surface area contributed by atoms with E-state index in [1.54, 1.807) is 24.3 Å². The molecule has 1 unspecified atom stereocenters. The minimum Gasteiger partial charge on any atom is -0.449 e. The Morgan fingerprint density at radius 1 is 0.861 bits per heavy atom. The number of nitrogens with one attached hydrogen (secondary N) is 1. The Balaban J connectivity index is 1.22. The molecule has 7 heteroatoms. The van der Waals surface area contributed by atoms with Crippen LogP contribution in [0.15, 0.2) is 78.9 Å². The van der Waals surface area contributed by atoms with Crippen LogP contribution < -0.4 is 5.32 Å². The van der Waals surface area contributed by atoms with E-state index in [9.17, 15) is 9.59 Å². The molecule has 0 aromatic heterocycles. The number of alkyl carbamates (subject to hydrolysis) is 1. The van der Waals surface area contributed by atoms with Crippen LogP contribution in [0.2, 0.25) is 0 Å². The van der Waals surface area contributed by atoms with Gasteiger partial charge in [-0.05, 0) is 22.3 Å². The molecule has 0 saturated carbocycles. The van der Waals surface area contributed by atoms with Crippen molar-refractivity contribution < 1.29 is 28.5 Å². The predicted octanol–water partition coefficient (Wildman–Crippen LogP) is 4.51. The van der Waals surface area contributed by atoms with Gasteiger partial charge in [0.2, 0.25) is 0 Å². The predicted molar refractivity (Wildman–Crippen MR) is 131 cm³/mol. The van der Waals surface area contributed by atoms with Crippen molar-refractivity contribution in [2.24, 2.45) is 5.41 Å². The van der Waals surface area contributed by atoms with Crippen LogP contribution in [0.5, 0.6) is 0 Å². The first-order chi connectivity index (χ1) is 17.5. The average Bonchev–Trinajstić information content (AvgIpc) is 3.25. The van der Waals surface area contributed by atoms with E-state index in [1.807, 2.05) is 37.3 Å². The van der Waals surface area contributed by atoms with Crippen LogP contribution >= 0.6 is 0 Å². The molecule has 3 fully saturated rings. The molecule has 7 rings (SSSR count). The third-order valence-corrected chi connectivity index (χ3v) is 7.15. The number of hydrogen-bond donors (Lipinski definition) is 1. The first-order valence-corrected chi connectivity index (χ1v) is 12.1. The normalized spacial score (nSPS) is 25.0. The van der Waals surface area contributed by atoms with E-state index < -0.39 is 18.1 Å². The van der Waals surface area contributed by atoms with Crippen molar-refractivity contribution in [1.29, 1.82) is 0 Å². The molecule has 36 heavy (non-hydrogen) atoms. The molecule has 1 amide bonds. The van der Waals surface area contributed by atoms with Gasteiger partial charge < -0.3 is 24.3 Å². The number of carbonyl (C=O) groups is 2. The van der Waals surface area contributed by atoms with Crippen molar-refractivity contribution in [1.82, 2.24) is 5.32 Å². The fraction of sp³-hybridized carbons (Fsp3) is 0.310. The Morgan fingerprint density at radius 2 is 1.39 bits per heavy atom. The molecule has 1 atom stereocenters. The quantitative estimate of drug-likeness (QED) is 0.517. The summed E-state index contributed by atoms with van der Waals surface area (Å²) < 4.78 is 23.4. The van der Waals surface area contributed by atoms with E-state index in [-0.39, 0.29) is 23.7 Å². The molecule has 1 aliphatic carbocycles. The highest BCUT2D eigenvalue weighted by Gasteiger charge is 2.58. The lowest BCUT2D eigenvalue weighted by Crippen LogP contribution is -2.69. The minimum atomic E-state index is -1.70. The zero-order valence-electron chi connectivity index (χ0n) is 19.9. The molecule has 3 aromatic rings. The number of ether oxygens (including phenoxy) is 4. The highest BCUT2D eigenvalue weighted by atomic mass is 16.9. The van der Waals surface area contributed by atoms with Gasteiger partial charge in [-0.1, -0.05) is 85.8 Å². The molecule has 2 bridgehead atoms. The van der Waals surface area contributed by atoms with Crippen LogP contribution in [0.3, 0.4) is 0 Å². The van der Waals surface area contributed by atoms with E-state index >= 15 is 0 Å². The van der Waals surface area contributed by atoms with E-state index in [0.29, 0.717) is 25.4 Å². The molecule has 3 aliphatic heterocycles. The molecule has 184 valence electrons. The molecule has 1 N–H and O–H groups in total. The molecule has 4 aliphatic rings. The highest BCUT2D eigenvalue weighted by Crippen LogP contribution is 2.45. The lowest BCUT2D eigenvalue weighted by Gasteiger charge is -2.52. The van der Waals surface area contributed by atoms with Crippen LogP contribution in [0.25, 0.3) is 11.1 Å². The summed E-state index contributed by atoms with van der Waals surface area (Å²) in [5.41, 5.74) is 4.62. The first-order valence-electron chi connectivity index (χ1n) is 12.1. The second-order valence-corrected chi connectivity index (χ2v) is 9.91. The van der Waals surface area contributed by atoms with Crippen molar-refractivity contribution in [2.45, 2.75) is 24.9 Å². The average molecular weight is 486 g/mol. The summed E-state index contributed by atoms with van der Waals surface area (Å²) in [5, 5.41) is 2.70. The minimum absolute atomic E-state index is 0.0987. The molecule has 0 radical (unpaired) electrons. The summed E-state index contributed by atoms with van der Waals surface area (Å²) in [6, 6.07) is 23.7. The van der Waals surface area contributed by atoms with Crippen LogP contribution in [0, 0.1) is 5.41 Å². The number of hydrogen-bond acceptors (Lipinski definition) is 6. The topological polar surface area (TPSA) is 83.1 Å².